The first-order chi connectivity index (χ1) is 11.5. The average molecular weight is 347 g/mol. The fourth-order valence-electron chi connectivity index (χ4n) is 2.13. The highest BCUT2D eigenvalue weighted by Gasteiger charge is 2.06. The molecule has 1 amide bonds. The van der Waals surface area contributed by atoms with Crippen molar-refractivity contribution in [1.82, 2.24) is 15.2 Å². The van der Waals surface area contributed by atoms with Gasteiger partial charge in [-0.2, -0.15) is 0 Å². The van der Waals surface area contributed by atoms with Crippen LogP contribution in [0.15, 0.2) is 42.6 Å². The van der Waals surface area contributed by atoms with Gasteiger partial charge in [-0.15, -0.1) is 0 Å². The van der Waals surface area contributed by atoms with Crippen LogP contribution in [0.3, 0.4) is 0 Å². The number of amides is 1. The van der Waals surface area contributed by atoms with Crippen LogP contribution in [0.4, 0.5) is 5.82 Å². The van der Waals surface area contributed by atoms with E-state index >= 15 is 0 Å². The van der Waals surface area contributed by atoms with Crippen LogP contribution in [-0.2, 0) is 6.54 Å². The number of nitrogens with one attached hydrogen (secondary N) is 2. The number of benzene rings is 1. The van der Waals surface area contributed by atoms with Crippen molar-refractivity contribution in [3.8, 4) is 0 Å². The summed E-state index contributed by atoms with van der Waals surface area (Å²) >= 11 is 5.84. The van der Waals surface area contributed by atoms with Crippen molar-refractivity contribution in [2.45, 2.75) is 13.0 Å². The molecule has 0 spiro atoms. The Balaban J connectivity index is 1.79. The highest BCUT2D eigenvalue weighted by atomic mass is 35.5. The zero-order valence-corrected chi connectivity index (χ0v) is 14.8. The van der Waals surface area contributed by atoms with Gasteiger partial charge in [-0.1, -0.05) is 23.7 Å². The van der Waals surface area contributed by atoms with E-state index in [1.54, 1.807) is 24.4 Å². The number of rotatable bonds is 8. The average Bonchev–Trinajstić information content (AvgIpc) is 2.58. The first-order valence-electron chi connectivity index (χ1n) is 7.92. The number of carbonyl (C=O) groups excluding carboxylic acids is 1. The normalized spacial score (nSPS) is 10.7. The van der Waals surface area contributed by atoms with Crippen LogP contribution < -0.4 is 10.6 Å². The van der Waals surface area contributed by atoms with Gasteiger partial charge in [0.2, 0.25) is 0 Å². The molecule has 1 aromatic carbocycles. The molecule has 0 aliphatic carbocycles. The Kier molecular flexibility index (Phi) is 7.03. The van der Waals surface area contributed by atoms with Crippen LogP contribution >= 0.6 is 11.6 Å². The Morgan fingerprint density at radius 3 is 2.54 bits per heavy atom. The van der Waals surface area contributed by atoms with Crippen LogP contribution in [0, 0.1) is 0 Å². The summed E-state index contributed by atoms with van der Waals surface area (Å²) in [6.45, 7) is 2.34. The van der Waals surface area contributed by atoms with Crippen molar-refractivity contribution in [3.63, 3.8) is 0 Å². The molecule has 0 saturated heterocycles. The summed E-state index contributed by atoms with van der Waals surface area (Å²) in [6, 6.07) is 11.0. The van der Waals surface area contributed by atoms with E-state index < -0.39 is 0 Å². The third kappa shape index (κ3) is 6.18. The zero-order chi connectivity index (χ0) is 17.4. The van der Waals surface area contributed by atoms with Gasteiger partial charge < -0.3 is 15.5 Å². The quantitative estimate of drug-likeness (QED) is 0.721. The van der Waals surface area contributed by atoms with Gasteiger partial charge in [0.1, 0.15) is 5.82 Å². The second-order valence-corrected chi connectivity index (χ2v) is 6.26. The minimum Gasteiger partial charge on any atom is -0.370 e. The molecule has 1 aromatic heterocycles. The zero-order valence-electron chi connectivity index (χ0n) is 14.1. The van der Waals surface area contributed by atoms with Gasteiger partial charge >= 0.3 is 0 Å². The Hall–Kier alpha value is -2.11. The molecular weight excluding hydrogens is 324 g/mol. The van der Waals surface area contributed by atoms with Gasteiger partial charge in [0, 0.05) is 24.3 Å². The van der Waals surface area contributed by atoms with Crippen LogP contribution in [0.5, 0.6) is 0 Å². The largest absolute Gasteiger partial charge is 0.370 e. The van der Waals surface area contributed by atoms with Crippen LogP contribution in [0.25, 0.3) is 0 Å². The van der Waals surface area contributed by atoms with E-state index in [0.717, 1.165) is 30.9 Å². The lowest BCUT2D eigenvalue weighted by Crippen LogP contribution is -2.23. The van der Waals surface area contributed by atoms with Crippen LogP contribution in [0.1, 0.15) is 22.3 Å². The molecule has 1 heterocycles. The van der Waals surface area contributed by atoms with E-state index in [1.165, 1.54) is 0 Å². The second-order valence-electron chi connectivity index (χ2n) is 5.82. The minimum atomic E-state index is -0.142. The highest BCUT2D eigenvalue weighted by Crippen LogP contribution is 2.10. The third-order valence-corrected chi connectivity index (χ3v) is 3.73. The predicted octanol–water partition coefficient (Wildman–Crippen LogP) is 3.03. The Bertz CT molecular complexity index is 641. The third-order valence-electron chi connectivity index (χ3n) is 3.48. The maximum Gasteiger partial charge on any atom is 0.253 e. The molecule has 2 aromatic rings. The van der Waals surface area contributed by atoms with Crippen molar-refractivity contribution in [3.05, 3.63) is 58.7 Å². The van der Waals surface area contributed by atoms with E-state index in [9.17, 15) is 4.79 Å². The number of nitrogens with zero attached hydrogens (tertiary/aromatic N) is 2. The number of pyridine rings is 1. The lowest BCUT2D eigenvalue weighted by molar-refractivity contribution is 0.0950. The van der Waals surface area contributed by atoms with Gasteiger partial charge in [-0.25, -0.2) is 4.98 Å². The second kappa shape index (κ2) is 9.25. The molecule has 0 unspecified atom stereocenters. The molecule has 0 aliphatic heterocycles. The van der Waals surface area contributed by atoms with Gasteiger partial charge in [-0.05, 0) is 56.9 Å². The minimum absolute atomic E-state index is 0.142. The van der Waals surface area contributed by atoms with Crippen molar-refractivity contribution < 1.29 is 4.79 Å². The number of hydrogen-bond donors (Lipinski definition) is 2. The molecule has 0 saturated carbocycles. The molecule has 0 aliphatic rings. The summed E-state index contributed by atoms with van der Waals surface area (Å²) in [5.74, 6) is 0.639. The first kappa shape index (κ1) is 18.2. The molecule has 0 atom stereocenters. The summed E-state index contributed by atoms with van der Waals surface area (Å²) in [5, 5.41) is 6.80. The number of aromatic nitrogens is 1. The molecule has 0 bridgehead atoms. The Morgan fingerprint density at radius 2 is 1.92 bits per heavy atom. The maximum absolute atomic E-state index is 12.1. The molecule has 128 valence electrons. The van der Waals surface area contributed by atoms with E-state index in [4.69, 9.17) is 11.6 Å². The van der Waals surface area contributed by atoms with Gasteiger partial charge in [-0.3, -0.25) is 4.79 Å². The molecule has 0 fully saturated rings. The highest BCUT2D eigenvalue weighted by molar-refractivity contribution is 6.30. The Morgan fingerprint density at radius 1 is 1.17 bits per heavy atom. The van der Waals surface area contributed by atoms with Gasteiger partial charge in [0.05, 0.1) is 5.56 Å². The number of carbonyl (C=O) groups is 1. The maximum atomic E-state index is 12.1. The first-order valence-corrected chi connectivity index (χ1v) is 8.29. The smallest absolute Gasteiger partial charge is 0.253 e. The summed E-state index contributed by atoms with van der Waals surface area (Å²) in [4.78, 5) is 18.6. The van der Waals surface area contributed by atoms with Crippen LogP contribution in [0.2, 0.25) is 5.02 Å². The lowest BCUT2D eigenvalue weighted by atomic mass is 10.2. The van der Waals surface area contributed by atoms with Crippen LogP contribution in [-0.4, -0.2) is 43.0 Å². The van der Waals surface area contributed by atoms with Gasteiger partial charge in [0.15, 0.2) is 0 Å². The monoisotopic (exact) mass is 346 g/mol. The molecule has 0 radical (unpaired) electrons. The summed E-state index contributed by atoms with van der Waals surface area (Å²) in [7, 11) is 4.10. The Labute approximate surface area is 148 Å². The summed E-state index contributed by atoms with van der Waals surface area (Å²) in [6.07, 6.45) is 2.63. The summed E-state index contributed by atoms with van der Waals surface area (Å²) in [5.41, 5.74) is 1.54. The van der Waals surface area contributed by atoms with E-state index in [2.05, 4.69) is 34.6 Å². The fourth-order valence-corrected chi connectivity index (χ4v) is 2.26. The van der Waals surface area contributed by atoms with Crippen molar-refractivity contribution in [2.75, 3.05) is 32.5 Å². The number of anilines is 1. The SMILES string of the molecule is CN(C)CCCNc1ccc(C(=O)NCc2ccc(Cl)cc2)cn1. The molecule has 5 nitrogen and oxygen atoms in total. The van der Waals surface area contributed by atoms with E-state index in [-0.39, 0.29) is 5.91 Å². The lowest BCUT2D eigenvalue weighted by Gasteiger charge is -2.10. The number of halogens is 1. The van der Waals surface area contributed by atoms with Crippen molar-refractivity contribution in [2.24, 2.45) is 0 Å². The molecule has 2 rings (SSSR count). The molecule has 2 N–H and O–H groups in total. The fraction of sp³-hybridized carbons (Fsp3) is 0.333. The number of hydrogen-bond acceptors (Lipinski definition) is 4. The van der Waals surface area contributed by atoms with Gasteiger partial charge in [0.25, 0.3) is 5.91 Å². The molecule has 24 heavy (non-hydrogen) atoms. The standard InChI is InChI=1S/C18H23ClN4O/c1-23(2)11-3-10-20-17-9-6-15(13-21-17)18(24)22-12-14-4-7-16(19)8-5-14/h4-9,13H,3,10-12H2,1-2H3,(H,20,21)(H,22,24). The topological polar surface area (TPSA) is 57.3 Å². The predicted molar refractivity (Wildman–Crippen MR) is 98.5 cm³/mol. The van der Waals surface area contributed by atoms with Crippen molar-refractivity contribution in [1.29, 1.82) is 0 Å². The summed E-state index contributed by atoms with van der Waals surface area (Å²) < 4.78 is 0. The van der Waals surface area contributed by atoms with Crippen molar-refractivity contribution >= 4 is 23.3 Å². The molecule has 6 heteroatoms. The molecular formula is C18H23ClN4O. The van der Waals surface area contributed by atoms with E-state index in [0.29, 0.717) is 17.1 Å². The van der Waals surface area contributed by atoms with E-state index in [1.807, 2.05) is 18.2 Å².